The molecule has 2 aliphatic heterocycles. The summed E-state index contributed by atoms with van der Waals surface area (Å²) in [5.41, 5.74) is 1.83. The van der Waals surface area contributed by atoms with Gasteiger partial charge in [-0.15, -0.1) is 0 Å². The molecule has 4 rings (SSSR count). The third-order valence-electron chi connectivity index (χ3n) is 6.13. The molecule has 0 aliphatic carbocycles. The number of aryl methyl sites for hydroxylation is 1. The minimum atomic E-state index is -0.226. The van der Waals surface area contributed by atoms with Gasteiger partial charge in [0, 0.05) is 51.4 Å². The van der Waals surface area contributed by atoms with E-state index in [1.165, 1.54) is 10.2 Å². The Labute approximate surface area is 177 Å². The Morgan fingerprint density at radius 2 is 1.80 bits per heavy atom. The van der Waals surface area contributed by atoms with E-state index in [1.807, 2.05) is 12.1 Å². The van der Waals surface area contributed by atoms with Gasteiger partial charge in [-0.1, -0.05) is 18.6 Å². The second-order valence-corrected chi connectivity index (χ2v) is 8.46. The van der Waals surface area contributed by atoms with E-state index < -0.39 is 0 Å². The molecule has 1 saturated heterocycles. The fraction of sp³-hybridized carbons (Fsp3) is 0.591. The lowest BCUT2D eigenvalue weighted by molar-refractivity contribution is -0.117. The molecule has 1 amide bonds. The van der Waals surface area contributed by atoms with Gasteiger partial charge < -0.3 is 15.1 Å². The van der Waals surface area contributed by atoms with Crippen LogP contribution in [0.25, 0.3) is 0 Å². The van der Waals surface area contributed by atoms with Crippen molar-refractivity contribution in [2.24, 2.45) is 0 Å². The number of carbonyl (C=O) groups is 1. The smallest absolute Gasteiger partial charge is 0.324 e. The molecule has 1 aromatic heterocycles. The molecule has 0 spiro atoms. The zero-order valence-corrected chi connectivity index (χ0v) is 17.8. The maximum Gasteiger partial charge on any atom is 0.346 e. The first-order valence-corrected chi connectivity index (χ1v) is 11.0. The van der Waals surface area contributed by atoms with Crippen LogP contribution in [0.1, 0.15) is 30.7 Å². The predicted molar refractivity (Wildman–Crippen MR) is 117 cm³/mol. The number of benzene rings is 1. The van der Waals surface area contributed by atoms with Gasteiger partial charge in [0.25, 0.3) is 0 Å². The van der Waals surface area contributed by atoms with Gasteiger partial charge in [-0.3, -0.25) is 9.36 Å². The molecule has 0 saturated carbocycles. The number of nitrogens with zero attached hydrogens (tertiary/aromatic N) is 5. The van der Waals surface area contributed by atoms with E-state index in [9.17, 15) is 9.59 Å². The van der Waals surface area contributed by atoms with Crippen molar-refractivity contribution in [1.29, 1.82) is 0 Å². The van der Waals surface area contributed by atoms with Gasteiger partial charge in [-0.25, -0.2) is 9.48 Å². The lowest BCUT2D eigenvalue weighted by Crippen LogP contribution is -2.45. The number of fused-ring (bicyclic) bond motifs is 1. The molecular formula is C22H32N6O2. The molecule has 1 fully saturated rings. The Kier molecular flexibility index (Phi) is 6.64. The Hall–Kier alpha value is -2.45. The summed E-state index contributed by atoms with van der Waals surface area (Å²) in [5, 5.41) is 7.26. The van der Waals surface area contributed by atoms with Crippen LogP contribution in [0.2, 0.25) is 0 Å². The molecule has 2 aromatic rings. The van der Waals surface area contributed by atoms with Gasteiger partial charge in [-0.2, -0.15) is 5.10 Å². The van der Waals surface area contributed by atoms with Crippen molar-refractivity contribution in [3.8, 4) is 0 Å². The molecule has 0 unspecified atom stereocenters. The van der Waals surface area contributed by atoms with Crippen LogP contribution in [0, 0.1) is 0 Å². The van der Waals surface area contributed by atoms with Gasteiger partial charge in [0.15, 0.2) is 0 Å². The molecule has 1 aromatic carbocycles. The number of anilines is 1. The standard InChI is InChI=1S/C22H32N6O2/c1-25-13-15-26(16-14-25)12-10-18-6-8-19(9-7-18)23-21(29)17-28-22(30)27-11-4-2-3-5-20(27)24-28/h6-9H,2-5,10-17H2,1H3,(H,23,29). The number of hydrogen-bond donors (Lipinski definition) is 1. The van der Waals surface area contributed by atoms with Crippen molar-refractivity contribution in [1.82, 2.24) is 24.1 Å². The lowest BCUT2D eigenvalue weighted by Gasteiger charge is -2.32. The van der Waals surface area contributed by atoms with E-state index in [0.29, 0.717) is 6.54 Å². The van der Waals surface area contributed by atoms with Crippen molar-refractivity contribution in [3.63, 3.8) is 0 Å². The monoisotopic (exact) mass is 412 g/mol. The number of amides is 1. The van der Waals surface area contributed by atoms with Crippen LogP contribution in [-0.4, -0.2) is 69.8 Å². The summed E-state index contributed by atoms with van der Waals surface area (Å²) in [6, 6.07) is 8.00. The predicted octanol–water partition coefficient (Wildman–Crippen LogP) is 1.20. The largest absolute Gasteiger partial charge is 0.346 e. The molecule has 8 heteroatoms. The Bertz CT molecular complexity index is 909. The first-order chi connectivity index (χ1) is 14.6. The number of nitrogens with one attached hydrogen (secondary N) is 1. The topological polar surface area (TPSA) is 75.4 Å². The van der Waals surface area contributed by atoms with Crippen molar-refractivity contribution < 1.29 is 4.79 Å². The molecule has 1 N–H and O–H groups in total. The Morgan fingerprint density at radius 3 is 2.57 bits per heavy atom. The molecule has 30 heavy (non-hydrogen) atoms. The number of rotatable bonds is 6. The normalized spacial score (nSPS) is 18.0. The first-order valence-electron chi connectivity index (χ1n) is 11.0. The van der Waals surface area contributed by atoms with E-state index in [0.717, 1.165) is 76.3 Å². The Balaban J connectivity index is 1.28. The summed E-state index contributed by atoms with van der Waals surface area (Å²) >= 11 is 0. The van der Waals surface area contributed by atoms with E-state index in [2.05, 4.69) is 39.4 Å². The molecule has 0 atom stereocenters. The SMILES string of the molecule is CN1CCN(CCc2ccc(NC(=O)Cn3nc4n(c3=O)CCCCC4)cc2)CC1. The van der Waals surface area contributed by atoms with E-state index in [-0.39, 0.29) is 18.1 Å². The third-order valence-corrected chi connectivity index (χ3v) is 6.13. The van der Waals surface area contributed by atoms with Crippen molar-refractivity contribution in [3.05, 3.63) is 46.1 Å². The van der Waals surface area contributed by atoms with E-state index in [4.69, 9.17) is 0 Å². The summed E-state index contributed by atoms with van der Waals surface area (Å²) in [7, 11) is 2.17. The summed E-state index contributed by atoms with van der Waals surface area (Å²) in [6.07, 6.45) is 4.97. The summed E-state index contributed by atoms with van der Waals surface area (Å²) < 4.78 is 3.01. The van der Waals surface area contributed by atoms with Crippen LogP contribution in [0.3, 0.4) is 0 Å². The van der Waals surface area contributed by atoms with Crippen molar-refractivity contribution in [2.45, 2.75) is 45.2 Å². The van der Waals surface area contributed by atoms with Crippen LogP contribution in [-0.2, 0) is 30.7 Å². The quantitative estimate of drug-likeness (QED) is 0.772. The molecular weight excluding hydrogens is 380 g/mol. The number of hydrogen-bond acceptors (Lipinski definition) is 5. The highest BCUT2D eigenvalue weighted by Crippen LogP contribution is 2.12. The number of aromatic nitrogens is 3. The number of piperazine rings is 1. The van der Waals surface area contributed by atoms with E-state index >= 15 is 0 Å². The number of carbonyl (C=O) groups excluding carboxylic acids is 1. The minimum Gasteiger partial charge on any atom is -0.324 e. The van der Waals surface area contributed by atoms with Gasteiger partial charge in [0.1, 0.15) is 12.4 Å². The molecule has 3 heterocycles. The fourth-order valence-corrected chi connectivity index (χ4v) is 4.18. The highest BCUT2D eigenvalue weighted by atomic mass is 16.2. The van der Waals surface area contributed by atoms with E-state index in [1.54, 1.807) is 4.57 Å². The highest BCUT2D eigenvalue weighted by Gasteiger charge is 2.17. The summed E-state index contributed by atoms with van der Waals surface area (Å²) in [4.78, 5) is 29.8. The molecule has 162 valence electrons. The molecule has 0 bridgehead atoms. The molecule has 2 aliphatic rings. The van der Waals surface area contributed by atoms with Gasteiger partial charge in [-0.05, 0) is 44.0 Å². The van der Waals surface area contributed by atoms with Gasteiger partial charge in [0.2, 0.25) is 5.91 Å². The highest BCUT2D eigenvalue weighted by molar-refractivity contribution is 5.90. The van der Waals surface area contributed by atoms with Crippen molar-refractivity contribution >= 4 is 11.6 Å². The minimum absolute atomic E-state index is 0.0516. The summed E-state index contributed by atoms with van der Waals surface area (Å²) in [6.45, 7) is 6.23. The van der Waals surface area contributed by atoms with Crippen LogP contribution >= 0.6 is 0 Å². The molecule has 0 radical (unpaired) electrons. The molecule has 8 nitrogen and oxygen atoms in total. The summed E-state index contributed by atoms with van der Waals surface area (Å²) in [5.74, 6) is 0.575. The average Bonchev–Trinajstić information content (AvgIpc) is 2.90. The Morgan fingerprint density at radius 1 is 1.03 bits per heavy atom. The lowest BCUT2D eigenvalue weighted by atomic mass is 10.1. The fourth-order valence-electron chi connectivity index (χ4n) is 4.18. The maximum absolute atomic E-state index is 12.5. The van der Waals surface area contributed by atoms with Crippen LogP contribution < -0.4 is 11.0 Å². The van der Waals surface area contributed by atoms with Crippen LogP contribution in [0.5, 0.6) is 0 Å². The first kappa shape index (κ1) is 20.8. The second-order valence-electron chi connectivity index (χ2n) is 8.46. The van der Waals surface area contributed by atoms with Crippen molar-refractivity contribution in [2.75, 3.05) is 45.1 Å². The number of likely N-dealkylation sites (N-methyl/N-ethyl adjacent to an activating group) is 1. The van der Waals surface area contributed by atoms with Gasteiger partial charge >= 0.3 is 5.69 Å². The maximum atomic E-state index is 12.5. The second kappa shape index (κ2) is 9.57. The van der Waals surface area contributed by atoms with Crippen LogP contribution in [0.15, 0.2) is 29.1 Å². The van der Waals surface area contributed by atoms with Gasteiger partial charge in [0.05, 0.1) is 0 Å². The zero-order chi connectivity index (χ0) is 20.9. The average molecular weight is 413 g/mol. The third kappa shape index (κ3) is 5.17. The zero-order valence-electron chi connectivity index (χ0n) is 17.8. The van der Waals surface area contributed by atoms with Crippen LogP contribution in [0.4, 0.5) is 5.69 Å².